The maximum atomic E-state index is 12.7. The quantitative estimate of drug-likeness (QED) is 0.677. The lowest BCUT2D eigenvalue weighted by Gasteiger charge is -2.07. The normalized spacial score (nSPS) is 9.53. The standard InChI is InChI=1S/C10H11FN2O2/c1-6-5-8(11)3-4-9(6)10(15)13-12-7(2)14/h3-5H,1-2H3,(H,12,14)(H,13,15). The number of aryl methyl sites for hydroxylation is 1. The molecule has 1 aromatic carbocycles. The molecule has 0 aliphatic heterocycles. The van der Waals surface area contributed by atoms with Gasteiger partial charge in [0, 0.05) is 12.5 Å². The van der Waals surface area contributed by atoms with Crippen molar-refractivity contribution in [3.8, 4) is 0 Å². The van der Waals surface area contributed by atoms with Crippen molar-refractivity contribution in [1.82, 2.24) is 10.9 Å². The van der Waals surface area contributed by atoms with Crippen molar-refractivity contribution < 1.29 is 14.0 Å². The van der Waals surface area contributed by atoms with Gasteiger partial charge in [-0.2, -0.15) is 0 Å². The van der Waals surface area contributed by atoms with Crippen LogP contribution in [-0.2, 0) is 4.79 Å². The van der Waals surface area contributed by atoms with Gasteiger partial charge in [0.1, 0.15) is 5.82 Å². The van der Waals surface area contributed by atoms with Gasteiger partial charge in [0.2, 0.25) is 5.91 Å². The largest absolute Gasteiger partial charge is 0.274 e. The molecule has 0 aromatic heterocycles. The fourth-order valence-corrected chi connectivity index (χ4v) is 1.09. The molecule has 0 saturated heterocycles. The zero-order valence-corrected chi connectivity index (χ0v) is 8.43. The minimum Gasteiger partial charge on any atom is -0.274 e. The van der Waals surface area contributed by atoms with E-state index in [9.17, 15) is 14.0 Å². The highest BCUT2D eigenvalue weighted by molar-refractivity contribution is 5.96. The minimum absolute atomic E-state index is 0.324. The molecule has 0 fully saturated rings. The molecule has 0 bridgehead atoms. The van der Waals surface area contributed by atoms with E-state index in [2.05, 4.69) is 10.9 Å². The van der Waals surface area contributed by atoms with E-state index >= 15 is 0 Å². The van der Waals surface area contributed by atoms with Crippen molar-refractivity contribution >= 4 is 11.8 Å². The number of halogens is 1. The Balaban J connectivity index is 2.78. The van der Waals surface area contributed by atoms with Crippen LogP contribution in [0.3, 0.4) is 0 Å². The van der Waals surface area contributed by atoms with Crippen LogP contribution in [0, 0.1) is 12.7 Å². The van der Waals surface area contributed by atoms with Crippen LogP contribution in [0.15, 0.2) is 18.2 Å². The van der Waals surface area contributed by atoms with Crippen LogP contribution in [0.25, 0.3) is 0 Å². The Kier molecular flexibility index (Phi) is 3.38. The molecular weight excluding hydrogens is 199 g/mol. The summed E-state index contributed by atoms with van der Waals surface area (Å²) in [6, 6.07) is 3.81. The van der Waals surface area contributed by atoms with Gasteiger partial charge >= 0.3 is 0 Å². The second-order valence-electron chi connectivity index (χ2n) is 3.09. The summed E-state index contributed by atoms with van der Waals surface area (Å²) in [6.07, 6.45) is 0. The highest BCUT2D eigenvalue weighted by atomic mass is 19.1. The summed E-state index contributed by atoms with van der Waals surface area (Å²) in [4.78, 5) is 22.0. The summed E-state index contributed by atoms with van der Waals surface area (Å²) in [5.74, 6) is -1.24. The van der Waals surface area contributed by atoms with E-state index < -0.39 is 11.7 Å². The Hall–Kier alpha value is -1.91. The van der Waals surface area contributed by atoms with E-state index in [1.807, 2.05) is 0 Å². The van der Waals surface area contributed by atoms with E-state index in [4.69, 9.17) is 0 Å². The zero-order chi connectivity index (χ0) is 11.4. The van der Waals surface area contributed by atoms with Crippen LogP contribution >= 0.6 is 0 Å². The highest BCUT2D eigenvalue weighted by Gasteiger charge is 2.09. The second-order valence-corrected chi connectivity index (χ2v) is 3.09. The second kappa shape index (κ2) is 4.54. The number of nitrogens with one attached hydrogen (secondary N) is 2. The van der Waals surface area contributed by atoms with Crippen LogP contribution in [0.4, 0.5) is 4.39 Å². The van der Waals surface area contributed by atoms with E-state index in [0.717, 1.165) is 0 Å². The topological polar surface area (TPSA) is 58.2 Å². The lowest BCUT2D eigenvalue weighted by molar-refractivity contribution is -0.119. The van der Waals surface area contributed by atoms with Crippen molar-refractivity contribution in [2.24, 2.45) is 0 Å². The van der Waals surface area contributed by atoms with Crippen LogP contribution in [0.5, 0.6) is 0 Å². The lowest BCUT2D eigenvalue weighted by Crippen LogP contribution is -2.40. The summed E-state index contributed by atoms with van der Waals surface area (Å²) in [6.45, 7) is 2.89. The van der Waals surface area contributed by atoms with Crippen molar-refractivity contribution in [2.45, 2.75) is 13.8 Å². The predicted octanol–water partition coefficient (Wildman–Crippen LogP) is 0.915. The van der Waals surface area contributed by atoms with Gasteiger partial charge in [-0.3, -0.25) is 20.4 Å². The van der Waals surface area contributed by atoms with Crippen LogP contribution in [0.1, 0.15) is 22.8 Å². The molecule has 0 aliphatic carbocycles. The summed E-state index contributed by atoms with van der Waals surface area (Å²) in [7, 11) is 0. The average Bonchev–Trinajstić information content (AvgIpc) is 2.14. The smallest absolute Gasteiger partial charge is 0.269 e. The minimum atomic E-state index is -0.470. The third kappa shape index (κ3) is 3.05. The zero-order valence-electron chi connectivity index (χ0n) is 8.43. The maximum absolute atomic E-state index is 12.7. The highest BCUT2D eigenvalue weighted by Crippen LogP contribution is 2.09. The third-order valence-corrected chi connectivity index (χ3v) is 1.79. The molecule has 2 amide bonds. The Bertz CT molecular complexity index is 404. The maximum Gasteiger partial charge on any atom is 0.269 e. The number of carbonyl (C=O) groups is 2. The number of hydrazine groups is 1. The first-order chi connectivity index (χ1) is 7.00. The van der Waals surface area contributed by atoms with Crippen molar-refractivity contribution in [2.75, 3.05) is 0 Å². The molecule has 0 heterocycles. The Morgan fingerprint density at radius 2 is 1.93 bits per heavy atom. The fraction of sp³-hybridized carbons (Fsp3) is 0.200. The number of hydrogen-bond acceptors (Lipinski definition) is 2. The van der Waals surface area contributed by atoms with E-state index in [1.54, 1.807) is 6.92 Å². The molecule has 5 heteroatoms. The SMILES string of the molecule is CC(=O)NNC(=O)c1ccc(F)cc1C. The number of amides is 2. The van der Waals surface area contributed by atoms with Crippen LogP contribution < -0.4 is 10.9 Å². The van der Waals surface area contributed by atoms with E-state index in [1.165, 1.54) is 25.1 Å². The Morgan fingerprint density at radius 1 is 1.27 bits per heavy atom. The molecular formula is C10H11FN2O2. The molecule has 80 valence electrons. The number of hydrogen-bond donors (Lipinski definition) is 2. The molecule has 0 unspecified atom stereocenters. The number of benzene rings is 1. The van der Waals surface area contributed by atoms with Gasteiger partial charge in [-0.05, 0) is 30.7 Å². The fourth-order valence-electron chi connectivity index (χ4n) is 1.09. The third-order valence-electron chi connectivity index (χ3n) is 1.79. The number of carbonyl (C=O) groups excluding carboxylic acids is 2. The first kappa shape index (κ1) is 11.2. The van der Waals surface area contributed by atoms with Crippen LogP contribution in [-0.4, -0.2) is 11.8 Å². The first-order valence-electron chi connectivity index (χ1n) is 4.34. The summed E-state index contributed by atoms with van der Waals surface area (Å²) in [5.41, 5.74) is 5.19. The molecule has 0 radical (unpaired) electrons. The Morgan fingerprint density at radius 3 is 2.47 bits per heavy atom. The molecule has 2 N–H and O–H groups in total. The summed E-state index contributed by atoms with van der Waals surface area (Å²) in [5, 5.41) is 0. The van der Waals surface area contributed by atoms with Crippen LogP contribution in [0.2, 0.25) is 0 Å². The lowest BCUT2D eigenvalue weighted by atomic mass is 10.1. The average molecular weight is 210 g/mol. The summed E-state index contributed by atoms with van der Waals surface area (Å²) < 4.78 is 12.7. The number of rotatable bonds is 1. The van der Waals surface area contributed by atoms with Gasteiger partial charge in [0.25, 0.3) is 5.91 Å². The van der Waals surface area contributed by atoms with Gasteiger partial charge in [-0.25, -0.2) is 4.39 Å². The van der Waals surface area contributed by atoms with Crippen molar-refractivity contribution in [1.29, 1.82) is 0 Å². The molecule has 0 atom stereocenters. The molecule has 1 rings (SSSR count). The Labute approximate surface area is 86.4 Å². The molecule has 0 aliphatic rings. The van der Waals surface area contributed by atoms with E-state index in [0.29, 0.717) is 11.1 Å². The van der Waals surface area contributed by atoms with Gasteiger partial charge in [-0.15, -0.1) is 0 Å². The molecule has 15 heavy (non-hydrogen) atoms. The van der Waals surface area contributed by atoms with Crippen molar-refractivity contribution in [3.05, 3.63) is 35.1 Å². The molecule has 1 aromatic rings. The van der Waals surface area contributed by atoms with E-state index in [-0.39, 0.29) is 5.91 Å². The van der Waals surface area contributed by atoms with Crippen molar-refractivity contribution in [3.63, 3.8) is 0 Å². The molecule has 0 saturated carbocycles. The molecule has 0 spiro atoms. The van der Waals surface area contributed by atoms with Gasteiger partial charge in [0.15, 0.2) is 0 Å². The monoisotopic (exact) mass is 210 g/mol. The van der Waals surface area contributed by atoms with Gasteiger partial charge in [0.05, 0.1) is 0 Å². The predicted molar refractivity (Wildman–Crippen MR) is 52.4 cm³/mol. The van der Waals surface area contributed by atoms with Gasteiger partial charge < -0.3 is 0 Å². The summed E-state index contributed by atoms with van der Waals surface area (Å²) >= 11 is 0. The van der Waals surface area contributed by atoms with Gasteiger partial charge in [-0.1, -0.05) is 0 Å². The molecule has 4 nitrogen and oxygen atoms in total. The first-order valence-corrected chi connectivity index (χ1v) is 4.34.